The van der Waals surface area contributed by atoms with Crippen LogP contribution >= 0.6 is 0 Å². The number of aryl methyl sites for hydroxylation is 4. The van der Waals surface area contributed by atoms with Gasteiger partial charge in [-0.15, -0.1) is 0 Å². The zero-order valence-electron chi connectivity index (χ0n) is 37.1. The summed E-state index contributed by atoms with van der Waals surface area (Å²) in [7, 11) is 41.6. The van der Waals surface area contributed by atoms with Crippen molar-refractivity contribution in [1.82, 2.24) is 0 Å². The van der Waals surface area contributed by atoms with Gasteiger partial charge in [0.15, 0.2) is 0 Å². The fraction of sp³-hybridized carbons (Fsp3) is 0.632. The van der Waals surface area contributed by atoms with E-state index in [-0.39, 0.29) is 10.8 Å². The SMILES string of the molecule is Cc1ccc2c(c1)CC[C@@H]1[C@@H]2CC[C@]2(C)C(=O)CC[C@@H]12.Cc1ccc2c(c1)CC[C@@H]1[C@@H]2CC[C@]2(C)C(=O)CC[C@@H]12.S=S=S=S=S=S=S=S=S=S=S=S=S=S.S=S=S=S=S=S=S=S=S=S=S=S=S=S=S. The molecule has 0 bridgehead atoms. The fourth-order valence-electron chi connectivity index (χ4n) is 11.2. The van der Waals surface area contributed by atoms with Crippen LogP contribution in [-0.2, 0) is 289 Å². The number of Topliss-reactive ketones (excluding diaryl/α,β-unsaturated/α-hetero) is 2. The largest absolute Gasteiger partial charge is 0.299 e. The van der Waals surface area contributed by atoms with Crippen LogP contribution in [0.5, 0.6) is 0 Å². The smallest absolute Gasteiger partial charge is 0.139 e. The molecule has 0 aromatic heterocycles. The van der Waals surface area contributed by atoms with Crippen molar-refractivity contribution in [2.45, 2.75) is 117 Å². The van der Waals surface area contributed by atoms with Crippen molar-refractivity contribution in [1.29, 1.82) is 0 Å². The second-order valence-corrected chi connectivity index (χ2v) is 61.0. The normalized spacial score (nSPS) is 25.7. The van der Waals surface area contributed by atoms with Gasteiger partial charge in [0.25, 0.3) is 0 Å². The van der Waals surface area contributed by atoms with Crippen LogP contribution < -0.4 is 0 Å². The molecule has 0 radical (unpaired) electrons. The predicted octanol–water partition coefficient (Wildman–Crippen LogP) is 8.77. The molecule has 69 heavy (non-hydrogen) atoms. The molecule has 386 valence electrons. The third-order valence-corrected chi connectivity index (χ3v) is 64.9. The Morgan fingerprint density at radius 3 is 0.986 bits per heavy atom. The molecule has 0 N–H and O–H groups in total. The van der Waals surface area contributed by atoms with Gasteiger partial charge in [0, 0.05) is 290 Å². The van der Waals surface area contributed by atoms with Crippen LogP contribution in [0.1, 0.15) is 123 Å². The minimum absolute atomic E-state index is 0.0172. The Balaban J connectivity index is 0.000000175. The number of carbonyl (C=O) groups is 2. The maximum Gasteiger partial charge on any atom is 0.139 e. The van der Waals surface area contributed by atoms with Crippen LogP contribution in [0.4, 0.5) is 0 Å². The molecule has 0 amide bonds. The number of rotatable bonds is 0. The topological polar surface area (TPSA) is 34.1 Å². The summed E-state index contributed by atoms with van der Waals surface area (Å²) in [4.78, 5) is 24.6. The van der Waals surface area contributed by atoms with Crippen molar-refractivity contribution in [3.05, 3.63) is 69.8 Å². The Morgan fingerprint density at radius 1 is 0.406 bits per heavy atom. The van der Waals surface area contributed by atoms with Gasteiger partial charge in [-0.1, -0.05) is 61.4 Å². The molecule has 0 saturated heterocycles. The van der Waals surface area contributed by atoms with E-state index in [0.717, 1.165) is 62.2 Å². The summed E-state index contributed by atoms with van der Waals surface area (Å²) in [6, 6.07) is 14.1. The average Bonchev–Trinajstić information content (AvgIpc) is 3.84. The summed E-state index contributed by atoms with van der Waals surface area (Å²) < 4.78 is 0. The summed E-state index contributed by atoms with van der Waals surface area (Å²) in [6.45, 7) is 8.90. The third kappa shape index (κ3) is 20.0. The zero-order chi connectivity index (χ0) is 49.5. The number of hydrogen-bond donors (Lipinski definition) is 0. The Labute approximate surface area is 499 Å². The Bertz CT molecular complexity index is 3230. The Hall–Kier alpha value is 4.16. The maximum atomic E-state index is 12.3. The highest BCUT2D eigenvalue weighted by Crippen LogP contribution is 2.61. The van der Waals surface area contributed by atoms with E-state index in [0.29, 0.717) is 23.4 Å². The Kier molecular flexibility index (Phi) is 33.1. The number of carbonyl (C=O) groups excluding carboxylic acids is 2. The van der Waals surface area contributed by atoms with Gasteiger partial charge >= 0.3 is 0 Å². The van der Waals surface area contributed by atoms with Crippen LogP contribution in [0.2, 0.25) is 0 Å². The van der Waals surface area contributed by atoms with Crippen LogP contribution in [0.15, 0.2) is 36.4 Å². The highest BCUT2D eigenvalue weighted by atomic mass is 33.5. The van der Waals surface area contributed by atoms with Crippen molar-refractivity contribution in [2.24, 2.45) is 34.5 Å². The van der Waals surface area contributed by atoms with Crippen LogP contribution in [0.25, 0.3) is 0 Å². The lowest BCUT2D eigenvalue weighted by molar-refractivity contribution is -0.130. The molecule has 4 fully saturated rings. The zero-order valence-corrected chi connectivity index (χ0v) is 60.7. The molecule has 0 heterocycles. The van der Waals surface area contributed by atoms with E-state index in [9.17, 15) is 9.59 Å². The summed E-state index contributed by atoms with van der Waals surface area (Å²) in [6.07, 6.45) is 13.7. The van der Waals surface area contributed by atoms with Gasteiger partial charge in [-0.05, 0) is 136 Å². The molecule has 8 atom stereocenters. The van der Waals surface area contributed by atoms with E-state index in [2.05, 4.69) is 64.1 Å². The molecule has 2 nitrogen and oxygen atoms in total. The van der Waals surface area contributed by atoms with Crippen molar-refractivity contribution < 1.29 is 9.59 Å². The minimum Gasteiger partial charge on any atom is -0.299 e. The van der Waals surface area contributed by atoms with Crippen LogP contribution in [0.3, 0.4) is 0 Å². The van der Waals surface area contributed by atoms with Gasteiger partial charge in [0.05, 0.1) is 0 Å². The second-order valence-electron chi connectivity index (χ2n) is 16.8. The summed E-state index contributed by atoms with van der Waals surface area (Å²) >= 11 is 18.9. The van der Waals surface area contributed by atoms with Crippen molar-refractivity contribution in [3.63, 3.8) is 0 Å². The molecule has 31 heteroatoms. The van der Waals surface area contributed by atoms with Crippen molar-refractivity contribution >= 4 is 278 Å². The summed E-state index contributed by atoms with van der Waals surface area (Å²) in [5, 5.41) is 0. The number of hydrogen-bond acceptors (Lipinski definition) is 6. The highest BCUT2D eigenvalue weighted by Gasteiger charge is 2.55. The third-order valence-electron chi connectivity index (χ3n) is 13.8. The molecule has 8 rings (SSSR count). The molecule has 2 aromatic carbocycles. The molecule has 4 saturated carbocycles. The first-order valence-corrected chi connectivity index (χ1v) is 56.9. The van der Waals surface area contributed by atoms with E-state index in [1.165, 1.54) is 85.2 Å². The van der Waals surface area contributed by atoms with Gasteiger partial charge in [0.2, 0.25) is 0 Å². The van der Waals surface area contributed by atoms with Crippen molar-refractivity contribution in [2.75, 3.05) is 0 Å². The van der Waals surface area contributed by atoms with Gasteiger partial charge in [-0.25, -0.2) is 0 Å². The average molecular weight is 1470 g/mol. The first kappa shape index (κ1) is 64.0. The monoisotopic (exact) mass is 1460 g/mol. The molecule has 0 spiro atoms. The predicted molar refractivity (Wildman–Crippen MR) is 375 cm³/mol. The van der Waals surface area contributed by atoms with Crippen LogP contribution in [-0.4, -0.2) is 11.6 Å². The standard InChI is InChI=1S/2C19H24O.S15.S14/c2*1-12-3-5-14-13(11-12)4-6-16-15(14)9-10-19(2)17(16)7-8-18(19)20;1-3-5-7-9-11-13-15-14-12-10-8-6-4-2;1-3-5-7-9-11-13-14-12-10-8-6-4-2/h2*3,5,11,15-17H,4,6-10H2,1-2H3;;/t2*15-,16-,17+,19+;;/m11../s1. The lowest BCUT2D eigenvalue weighted by atomic mass is 9.55. The van der Waals surface area contributed by atoms with Gasteiger partial charge in [-0.3, -0.25) is 9.59 Å². The first-order chi connectivity index (χ1) is 33.5. The van der Waals surface area contributed by atoms with E-state index >= 15 is 0 Å². The van der Waals surface area contributed by atoms with Crippen LogP contribution in [0, 0.1) is 48.3 Å². The number of ketones is 2. The lowest BCUT2D eigenvalue weighted by Crippen LogP contribution is -2.42. The molecule has 0 unspecified atom stereocenters. The van der Waals surface area contributed by atoms with Crippen molar-refractivity contribution in [3.8, 4) is 0 Å². The van der Waals surface area contributed by atoms with Gasteiger partial charge in [-0.2, -0.15) is 0 Å². The lowest BCUT2D eigenvalue weighted by Gasteiger charge is -2.48. The Morgan fingerprint density at radius 2 is 0.696 bits per heavy atom. The molecule has 0 aliphatic heterocycles. The molecule has 2 aromatic rings. The molecular formula is C38H48O2S29. The summed E-state index contributed by atoms with van der Waals surface area (Å²) in [5.74, 6) is 5.38. The number of benzene rings is 2. The second kappa shape index (κ2) is 35.7. The molecule has 6 aliphatic rings. The minimum atomic E-state index is 0.0172. The van der Waals surface area contributed by atoms with E-state index in [1.54, 1.807) is 209 Å². The van der Waals surface area contributed by atoms with E-state index < -0.39 is 0 Å². The van der Waals surface area contributed by atoms with Gasteiger partial charge < -0.3 is 0 Å². The number of fused-ring (bicyclic) bond motifs is 10. The maximum absolute atomic E-state index is 12.3. The highest BCUT2D eigenvalue weighted by molar-refractivity contribution is 8.77. The molecular weight excluding hydrogens is 1420 g/mol. The first-order valence-electron chi connectivity index (χ1n) is 20.9. The molecule has 6 aliphatic carbocycles. The van der Waals surface area contributed by atoms with Gasteiger partial charge in [0.1, 0.15) is 11.6 Å². The van der Waals surface area contributed by atoms with E-state index in [4.69, 9.17) is 44.8 Å². The quantitative estimate of drug-likeness (QED) is 0.263. The summed E-state index contributed by atoms with van der Waals surface area (Å²) in [5.41, 5.74) is 9.19. The fourth-order valence-corrected chi connectivity index (χ4v) is 68.8. The van der Waals surface area contributed by atoms with E-state index in [1.807, 2.05) is 0 Å².